The summed E-state index contributed by atoms with van der Waals surface area (Å²) in [4.78, 5) is 13.9. The van der Waals surface area contributed by atoms with Gasteiger partial charge in [0, 0.05) is 34.9 Å². The molecule has 256 valence electrons. The normalized spacial score (nSPS) is 11.4. The Kier molecular flexibility index (Phi) is 10.8. The first-order valence-electron chi connectivity index (χ1n) is 16.5. The Balaban J connectivity index is 1.38. The lowest BCUT2D eigenvalue weighted by Crippen LogP contribution is -2.04. The molecule has 6 rings (SSSR count). The molecule has 0 spiro atoms. The summed E-state index contributed by atoms with van der Waals surface area (Å²) in [5.41, 5.74) is 10.7. The average molecular weight is 701 g/mol. The molecule has 3 aromatic carbocycles. The number of thiazole rings is 1. The van der Waals surface area contributed by atoms with Crippen LogP contribution in [0.5, 0.6) is 0 Å². The zero-order valence-corrected chi connectivity index (χ0v) is 30.3. The molecule has 0 fully saturated rings. The fourth-order valence-electron chi connectivity index (χ4n) is 5.34. The number of rotatable bonds is 11. The Bertz CT molecular complexity index is 2370. The fraction of sp³-hybridized carbons (Fsp3) is 0.122. The van der Waals surface area contributed by atoms with Gasteiger partial charge in [0.2, 0.25) is 5.13 Å². The van der Waals surface area contributed by atoms with Crippen LogP contribution in [0.4, 0.5) is 38.8 Å². The summed E-state index contributed by atoms with van der Waals surface area (Å²) in [6.07, 6.45) is 7.01. The van der Waals surface area contributed by atoms with E-state index in [4.69, 9.17) is 9.97 Å². The highest BCUT2D eigenvalue weighted by Crippen LogP contribution is 2.42. The van der Waals surface area contributed by atoms with E-state index in [1.807, 2.05) is 107 Å². The van der Waals surface area contributed by atoms with E-state index < -0.39 is 0 Å². The molecule has 2 N–H and O–H groups in total. The highest BCUT2D eigenvalue weighted by Gasteiger charge is 2.19. The second-order valence-electron chi connectivity index (χ2n) is 12.2. The van der Waals surface area contributed by atoms with Crippen molar-refractivity contribution < 1.29 is 0 Å². The monoisotopic (exact) mass is 700 g/mol. The largest absolute Gasteiger partial charge is 0.339 e. The molecule has 0 bridgehead atoms. The lowest BCUT2D eigenvalue weighted by atomic mass is 9.97. The molecule has 0 amide bonds. The van der Waals surface area contributed by atoms with Crippen molar-refractivity contribution in [2.24, 2.45) is 20.5 Å². The third-order valence-electron chi connectivity index (χ3n) is 8.16. The van der Waals surface area contributed by atoms with Crippen molar-refractivity contribution in [2.75, 3.05) is 10.6 Å². The number of pyridine rings is 2. The van der Waals surface area contributed by atoms with Gasteiger partial charge in [-0.25, -0.2) is 9.97 Å². The number of allylic oxidation sites excluding steroid dienone is 1. The lowest BCUT2D eigenvalue weighted by molar-refractivity contribution is 1.15. The Morgan fingerprint density at radius 2 is 1.52 bits per heavy atom. The maximum absolute atomic E-state index is 10.3. The Labute approximate surface area is 307 Å². The first kappa shape index (κ1) is 35.2. The van der Waals surface area contributed by atoms with Gasteiger partial charge in [0.25, 0.3) is 0 Å². The van der Waals surface area contributed by atoms with Gasteiger partial charge >= 0.3 is 0 Å². The quantitative estimate of drug-likeness (QED) is 0.129. The molecule has 0 saturated heterocycles. The molecule has 0 saturated carbocycles. The third-order valence-corrected chi connectivity index (χ3v) is 8.99. The summed E-state index contributed by atoms with van der Waals surface area (Å²) in [5, 5.41) is 35.9. The molecule has 0 aliphatic heterocycles. The van der Waals surface area contributed by atoms with Crippen LogP contribution in [0.2, 0.25) is 0 Å². The SMILES string of the molecule is C=C(C)c1cccc(C)c1/C=C/N=Nc1sc(N=Nc2c(Nc3ccc(C)cc3)nc(Nc3ccc(C)cc3)c(C#N)c2C)nc1-c1cccnc1. The molecule has 0 atom stereocenters. The van der Waals surface area contributed by atoms with Crippen molar-refractivity contribution in [1.29, 1.82) is 5.26 Å². The van der Waals surface area contributed by atoms with Gasteiger partial charge in [0.15, 0.2) is 16.6 Å². The van der Waals surface area contributed by atoms with E-state index in [2.05, 4.69) is 61.7 Å². The minimum absolute atomic E-state index is 0.348. The molecule has 0 aliphatic carbocycles. The second kappa shape index (κ2) is 15.9. The van der Waals surface area contributed by atoms with Crippen molar-refractivity contribution in [3.8, 4) is 17.3 Å². The standard InChI is InChI=1S/C41H36N10S/c1-25(2)33-11-7-9-28(5)34(33)20-22-44-50-40-37(30-10-8-21-43-24-30)47-41(52-40)51-49-36-29(6)35(23-42)38(45-31-16-12-26(3)13-17-31)48-39(36)46-32-18-14-27(4)15-19-32/h7-22,24H,1H2,2-6H3,(H2,45,46,48)/b22-20+,50-44?,51-49?. The van der Waals surface area contributed by atoms with Crippen LogP contribution >= 0.6 is 11.3 Å². The number of aryl methyl sites for hydroxylation is 3. The molecule has 0 aliphatic rings. The summed E-state index contributed by atoms with van der Waals surface area (Å²) in [6, 6.07) is 28.0. The van der Waals surface area contributed by atoms with Gasteiger partial charge in [-0.2, -0.15) is 10.4 Å². The summed E-state index contributed by atoms with van der Waals surface area (Å²) in [5.74, 6) is 0.834. The molecular formula is C41H36N10S. The average Bonchev–Trinajstić information content (AvgIpc) is 3.55. The topological polar surface area (TPSA) is 136 Å². The van der Waals surface area contributed by atoms with Crippen molar-refractivity contribution in [3.63, 3.8) is 0 Å². The van der Waals surface area contributed by atoms with Gasteiger partial charge in [-0.05, 0) is 93.8 Å². The van der Waals surface area contributed by atoms with Crippen molar-refractivity contribution in [1.82, 2.24) is 15.0 Å². The number of hydrogen-bond donors (Lipinski definition) is 2. The molecule has 6 aromatic rings. The predicted molar refractivity (Wildman–Crippen MR) is 212 cm³/mol. The molecule has 10 nitrogen and oxygen atoms in total. The van der Waals surface area contributed by atoms with E-state index in [0.29, 0.717) is 44.3 Å². The number of benzene rings is 3. The first-order valence-corrected chi connectivity index (χ1v) is 17.3. The Hall–Kier alpha value is -6.64. The number of nitrogens with zero attached hydrogens (tertiary/aromatic N) is 8. The van der Waals surface area contributed by atoms with E-state index in [1.54, 1.807) is 18.6 Å². The maximum Gasteiger partial charge on any atom is 0.232 e. The maximum atomic E-state index is 10.3. The van der Waals surface area contributed by atoms with Crippen molar-refractivity contribution in [2.45, 2.75) is 34.6 Å². The molecule has 52 heavy (non-hydrogen) atoms. The highest BCUT2D eigenvalue weighted by atomic mass is 32.1. The number of hydrogen-bond acceptors (Lipinski definition) is 11. The molecular weight excluding hydrogens is 665 g/mol. The minimum Gasteiger partial charge on any atom is -0.339 e. The molecule has 3 aromatic heterocycles. The summed E-state index contributed by atoms with van der Waals surface area (Å²) < 4.78 is 0. The summed E-state index contributed by atoms with van der Waals surface area (Å²) in [6.45, 7) is 14.0. The molecule has 0 unspecified atom stereocenters. The predicted octanol–water partition coefficient (Wildman–Crippen LogP) is 12.4. The van der Waals surface area contributed by atoms with Crippen LogP contribution in [0.25, 0.3) is 22.9 Å². The fourth-order valence-corrected chi connectivity index (χ4v) is 6.08. The van der Waals surface area contributed by atoms with Gasteiger partial charge in [-0.3, -0.25) is 4.98 Å². The minimum atomic E-state index is 0.348. The van der Waals surface area contributed by atoms with Gasteiger partial charge in [0.1, 0.15) is 17.5 Å². The van der Waals surface area contributed by atoms with Crippen LogP contribution in [0.3, 0.4) is 0 Å². The highest BCUT2D eigenvalue weighted by molar-refractivity contribution is 7.19. The summed E-state index contributed by atoms with van der Waals surface area (Å²) in [7, 11) is 0. The lowest BCUT2D eigenvalue weighted by Gasteiger charge is -2.16. The van der Waals surface area contributed by atoms with Gasteiger partial charge in [-0.15, -0.1) is 15.3 Å². The number of anilines is 4. The van der Waals surface area contributed by atoms with Crippen molar-refractivity contribution >= 4 is 61.8 Å². The second-order valence-corrected chi connectivity index (χ2v) is 13.1. The van der Waals surface area contributed by atoms with Crippen LogP contribution in [0.1, 0.15) is 45.9 Å². The van der Waals surface area contributed by atoms with E-state index in [9.17, 15) is 5.26 Å². The van der Waals surface area contributed by atoms with Gasteiger partial charge in [0.05, 0.1) is 11.8 Å². The Morgan fingerprint density at radius 3 is 2.15 bits per heavy atom. The van der Waals surface area contributed by atoms with Crippen LogP contribution in [0.15, 0.2) is 124 Å². The van der Waals surface area contributed by atoms with Crippen LogP contribution in [-0.2, 0) is 0 Å². The van der Waals surface area contributed by atoms with E-state index in [-0.39, 0.29) is 0 Å². The number of nitrogens with one attached hydrogen (secondary N) is 2. The van der Waals surface area contributed by atoms with E-state index in [1.165, 1.54) is 11.3 Å². The first-order chi connectivity index (χ1) is 25.2. The zero-order chi connectivity index (χ0) is 36.6. The molecule has 11 heteroatoms. The van der Waals surface area contributed by atoms with Crippen LogP contribution in [-0.4, -0.2) is 15.0 Å². The van der Waals surface area contributed by atoms with Gasteiger partial charge < -0.3 is 10.6 Å². The van der Waals surface area contributed by atoms with Crippen LogP contribution in [0, 0.1) is 39.0 Å². The summed E-state index contributed by atoms with van der Waals surface area (Å²) >= 11 is 1.24. The molecule has 0 radical (unpaired) electrons. The van der Waals surface area contributed by atoms with Crippen LogP contribution < -0.4 is 10.6 Å². The van der Waals surface area contributed by atoms with Crippen molar-refractivity contribution in [3.05, 3.63) is 143 Å². The molecule has 3 heterocycles. The number of nitriles is 1. The number of aromatic nitrogens is 3. The zero-order valence-electron chi connectivity index (χ0n) is 29.5. The smallest absolute Gasteiger partial charge is 0.232 e. The third kappa shape index (κ3) is 8.21. The van der Waals surface area contributed by atoms with E-state index >= 15 is 0 Å². The van der Waals surface area contributed by atoms with Gasteiger partial charge in [-0.1, -0.05) is 77.1 Å². The Morgan fingerprint density at radius 1 is 0.827 bits per heavy atom. The van der Waals surface area contributed by atoms with E-state index in [0.717, 1.165) is 50.3 Å². The number of azo groups is 2.